The predicted molar refractivity (Wildman–Crippen MR) is 74.6 cm³/mol. The second-order valence-corrected chi connectivity index (χ2v) is 4.26. The van der Waals surface area contributed by atoms with Gasteiger partial charge in [-0.3, -0.25) is 15.1 Å². The molecule has 20 heavy (non-hydrogen) atoms. The molecule has 2 N–H and O–H groups in total. The number of nitro groups is 1. The van der Waals surface area contributed by atoms with E-state index in [1.54, 1.807) is 30.3 Å². The first-order chi connectivity index (χ1) is 9.61. The Hall–Kier alpha value is -2.47. The monoisotopic (exact) mass is 273 g/mol. The number of nitrogens with zero attached hydrogens (tertiary/aromatic N) is 2. The van der Waals surface area contributed by atoms with Crippen molar-refractivity contribution in [2.75, 3.05) is 0 Å². The second kappa shape index (κ2) is 6.12. The minimum atomic E-state index is -0.482. The smallest absolute Gasteiger partial charge is 0.311 e. The number of nitro benzene ring substituents is 1. The zero-order valence-corrected chi connectivity index (χ0v) is 11.0. The van der Waals surface area contributed by atoms with Crippen LogP contribution >= 0.6 is 0 Å². The largest absolute Gasteiger partial charge is 0.449 e. The Morgan fingerprint density at radius 1 is 1.35 bits per heavy atom. The van der Waals surface area contributed by atoms with Crippen LogP contribution in [0.25, 0.3) is 0 Å². The summed E-state index contributed by atoms with van der Waals surface area (Å²) in [6.45, 7) is 1.98. The average Bonchev–Trinajstić information content (AvgIpc) is 2.47. The number of para-hydroxylation sites is 2. The van der Waals surface area contributed by atoms with Crippen LogP contribution in [0, 0.1) is 10.1 Å². The van der Waals surface area contributed by atoms with E-state index in [-0.39, 0.29) is 17.5 Å². The van der Waals surface area contributed by atoms with Crippen LogP contribution in [0.2, 0.25) is 0 Å². The van der Waals surface area contributed by atoms with Crippen LogP contribution in [0.3, 0.4) is 0 Å². The number of ether oxygens (including phenoxy) is 1. The molecular formula is C14H15N3O3. The molecule has 0 bridgehead atoms. The lowest BCUT2D eigenvalue weighted by molar-refractivity contribution is -0.385. The molecule has 2 aromatic rings. The van der Waals surface area contributed by atoms with Crippen LogP contribution < -0.4 is 10.5 Å². The van der Waals surface area contributed by atoms with Crippen LogP contribution in [0.15, 0.2) is 42.6 Å². The number of benzene rings is 1. The number of rotatable bonds is 5. The highest BCUT2D eigenvalue weighted by atomic mass is 16.6. The maximum Gasteiger partial charge on any atom is 0.311 e. The number of aromatic nitrogens is 1. The topological polar surface area (TPSA) is 91.3 Å². The van der Waals surface area contributed by atoms with Gasteiger partial charge in [-0.1, -0.05) is 19.1 Å². The highest BCUT2D eigenvalue weighted by Crippen LogP contribution is 2.30. The van der Waals surface area contributed by atoms with E-state index >= 15 is 0 Å². The summed E-state index contributed by atoms with van der Waals surface area (Å²) in [6, 6.07) is 9.56. The van der Waals surface area contributed by atoms with E-state index in [0.29, 0.717) is 5.75 Å². The van der Waals surface area contributed by atoms with E-state index in [1.165, 1.54) is 12.3 Å². The molecule has 1 atom stereocenters. The summed E-state index contributed by atoms with van der Waals surface area (Å²) in [5.41, 5.74) is 6.55. The van der Waals surface area contributed by atoms with Crippen molar-refractivity contribution in [3.05, 3.63) is 58.4 Å². The molecule has 0 radical (unpaired) electrons. The third kappa shape index (κ3) is 3.10. The molecule has 6 heteroatoms. The van der Waals surface area contributed by atoms with Gasteiger partial charge >= 0.3 is 5.69 Å². The van der Waals surface area contributed by atoms with Crippen LogP contribution in [0.4, 0.5) is 5.69 Å². The molecule has 1 aromatic carbocycles. The van der Waals surface area contributed by atoms with Crippen molar-refractivity contribution in [1.29, 1.82) is 0 Å². The van der Waals surface area contributed by atoms with Gasteiger partial charge in [-0.15, -0.1) is 0 Å². The van der Waals surface area contributed by atoms with Crippen LogP contribution in [0.5, 0.6) is 11.5 Å². The van der Waals surface area contributed by atoms with E-state index in [4.69, 9.17) is 10.5 Å². The summed E-state index contributed by atoms with van der Waals surface area (Å²) in [5.74, 6) is 0.623. The first kappa shape index (κ1) is 14.0. The lowest BCUT2D eigenvalue weighted by Crippen LogP contribution is -2.10. The summed E-state index contributed by atoms with van der Waals surface area (Å²) in [7, 11) is 0. The van der Waals surface area contributed by atoms with Gasteiger partial charge in [-0.25, -0.2) is 0 Å². The normalized spacial score (nSPS) is 11.9. The summed E-state index contributed by atoms with van der Waals surface area (Å²) < 4.78 is 5.49. The van der Waals surface area contributed by atoms with Gasteiger partial charge in [0.25, 0.3) is 0 Å². The van der Waals surface area contributed by atoms with Crippen LogP contribution in [-0.2, 0) is 0 Å². The Labute approximate surface area is 116 Å². The van der Waals surface area contributed by atoms with Crippen LogP contribution in [0.1, 0.15) is 25.1 Å². The van der Waals surface area contributed by atoms with Crippen LogP contribution in [-0.4, -0.2) is 9.91 Å². The third-order valence-corrected chi connectivity index (χ3v) is 2.87. The standard InChI is InChI=1S/C14H15N3O3/c1-2-11(15)12-8-7-10(9-16-12)20-14-6-4-3-5-13(14)17(18)19/h3-9,11H,2,15H2,1H3/t11-/m0/s1. The summed E-state index contributed by atoms with van der Waals surface area (Å²) >= 11 is 0. The van der Waals surface area contributed by atoms with Crippen molar-refractivity contribution < 1.29 is 9.66 Å². The number of hydrogen-bond donors (Lipinski definition) is 1. The van der Waals surface area contributed by atoms with Crippen molar-refractivity contribution in [1.82, 2.24) is 4.98 Å². The fourth-order valence-corrected chi connectivity index (χ4v) is 1.70. The lowest BCUT2D eigenvalue weighted by Gasteiger charge is -2.09. The molecule has 0 saturated carbocycles. The van der Waals surface area contributed by atoms with Crippen molar-refractivity contribution in [3.8, 4) is 11.5 Å². The molecular weight excluding hydrogens is 258 g/mol. The summed E-state index contributed by atoms with van der Waals surface area (Å²) in [6.07, 6.45) is 2.30. The van der Waals surface area contributed by atoms with Gasteiger partial charge in [0.1, 0.15) is 5.75 Å². The van der Waals surface area contributed by atoms with Gasteiger partial charge in [-0.05, 0) is 24.6 Å². The Bertz CT molecular complexity index is 599. The molecule has 0 saturated heterocycles. The molecule has 2 rings (SSSR count). The lowest BCUT2D eigenvalue weighted by atomic mass is 10.1. The van der Waals surface area contributed by atoms with E-state index < -0.39 is 4.92 Å². The molecule has 0 unspecified atom stereocenters. The summed E-state index contributed by atoms with van der Waals surface area (Å²) in [4.78, 5) is 14.6. The first-order valence-corrected chi connectivity index (χ1v) is 6.24. The maximum atomic E-state index is 10.9. The molecule has 6 nitrogen and oxygen atoms in total. The fourth-order valence-electron chi connectivity index (χ4n) is 1.70. The number of hydrogen-bond acceptors (Lipinski definition) is 5. The van der Waals surface area contributed by atoms with E-state index in [2.05, 4.69) is 4.98 Å². The highest BCUT2D eigenvalue weighted by molar-refractivity contribution is 5.47. The molecule has 1 aromatic heterocycles. The average molecular weight is 273 g/mol. The minimum Gasteiger partial charge on any atom is -0.449 e. The Kier molecular flexibility index (Phi) is 4.27. The van der Waals surface area contributed by atoms with E-state index in [1.807, 2.05) is 6.92 Å². The third-order valence-electron chi connectivity index (χ3n) is 2.87. The SMILES string of the molecule is CC[C@H](N)c1ccc(Oc2ccccc2[N+](=O)[O-])cn1. The van der Waals surface area contributed by atoms with Gasteiger partial charge in [0.05, 0.1) is 16.8 Å². The zero-order valence-electron chi connectivity index (χ0n) is 11.0. The molecule has 0 spiro atoms. The molecule has 104 valence electrons. The first-order valence-electron chi connectivity index (χ1n) is 6.24. The molecule has 0 amide bonds. The highest BCUT2D eigenvalue weighted by Gasteiger charge is 2.14. The Morgan fingerprint density at radius 2 is 2.10 bits per heavy atom. The number of nitrogens with two attached hydrogens (primary N) is 1. The maximum absolute atomic E-state index is 10.9. The molecule has 0 aliphatic carbocycles. The van der Waals surface area contributed by atoms with Gasteiger partial charge < -0.3 is 10.5 Å². The van der Waals surface area contributed by atoms with Gasteiger partial charge in [-0.2, -0.15) is 0 Å². The van der Waals surface area contributed by atoms with E-state index in [9.17, 15) is 10.1 Å². The molecule has 0 aliphatic heterocycles. The van der Waals surface area contributed by atoms with Gasteiger partial charge in [0, 0.05) is 12.1 Å². The van der Waals surface area contributed by atoms with Crippen molar-refractivity contribution in [2.45, 2.75) is 19.4 Å². The Morgan fingerprint density at radius 3 is 2.70 bits per heavy atom. The zero-order chi connectivity index (χ0) is 14.5. The molecule has 1 heterocycles. The molecule has 0 aliphatic rings. The van der Waals surface area contributed by atoms with Crippen molar-refractivity contribution in [2.24, 2.45) is 5.73 Å². The fraction of sp³-hybridized carbons (Fsp3) is 0.214. The molecule has 0 fully saturated rings. The summed E-state index contributed by atoms with van der Waals surface area (Å²) in [5, 5.41) is 10.9. The number of pyridine rings is 1. The quantitative estimate of drug-likeness (QED) is 0.667. The predicted octanol–water partition coefficient (Wildman–Crippen LogP) is 3.19. The van der Waals surface area contributed by atoms with Crippen molar-refractivity contribution >= 4 is 5.69 Å². The van der Waals surface area contributed by atoms with Gasteiger partial charge in [0.15, 0.2) is 0 Å². The minimum absolute atomic E-state index is 0.0816. The van der Waals surface area contributed by atoms with Crippen molar-refractivity contribution in [3.63, 3.8) is 0 Å². The second-order valence-electron chi connectivity index (χ2n) is 4.26. The van der Waals surface area contributed by atoms with Gasteiger partial charge in [0.2, 0.25) is 5.75 Å². The Balaban J connectivity index is 2.20. The van der Waals surface area contributed by atoms with E-state index in [0.717, 1.165) is 12.1 Å².